The van der Waals surface area contributed by atoms with Crippen molar-refractivity contribution in [1.82, 2.24) is 5.32 Å². The zero-order valence-corrected chi connectivity index (χ0v) is 13.2. The Labute approximate surface area is 128 Å². The monoisotopic (exact) mass is 291 g/mol. The molecule has 110 valence electrons. The molecule has 2 saturated carbocycles. The Hall–Kier alpha value is -0.530. The molecule has 0 bridgehead atoms. The summed E-state index contributed by atoms with van der Waals surface area (Å²) in [6.45, 7) is 2.34. The molecule has 3 rings (SSSR count). The van der Waals surface area contributed by atoms with Gasteiger partial charge >= 0.3 is 0 Å². The van der Waals surface area contributed by atoms with Gasteiger partial charge in [0.15, 0.2) is 0 Å². The fourth-order valence-corrected chi connectivity index (χ4v) is 4.13. The van der Waals surface area contributed by atoms with Crippen LogP contribution in [0.25, 0.3) is 0 Å². The van der Waals surface area contributed by atoms with Crippen LogP contribution in [0, 0.1) is 5.92 Å². The third kappa shape index (κ3) is 3.38. The summed E-state index contributed by atoms with van der Waals surface area (Å²) in [7, 11) is 0. The molecule has 2 aliphatic carbocycles. The van der Waals surface area contributed by atoms with Crippen LogP contribution in [0.5, 0.6) is 0 Å². The molecule has 2 unspecified atom stereocenters. The van der Waals surface area contributed by atoms with Gasteiger partial charge in [0.25, 0.3) is 0 Å². The lowest BCUT2D eigenvalue weighted by Crippen LogP contribution is -2.47. The van der Waals surface area contributed by atoms with Crippen LogP contribution in [0.15, 0.2) is 24.3 Å². The van der Waals surface area contributed by atoms with Crippen molar-refractivity contribution < 1.29 is 0 Å². The maximum Gasteiger partial charge on any atom is 0.0408 e. The van der Waals surface area contributed by atoms with Crippen LogP contribution in [-0.2, 0) is 0 Å². The van der Waals surface area contributed by atoms with Gasteiger partial charge in [0.1, 0.15) is 0 Å². The highest BCUT2D eigenvalue weighted by molar-refractivity contribution is 6.30. The van der Waals surface area contributed by atoms with Crippen LogP contribution < -0.4 is 5.32 Å². The van der Waals surface area contributed by atoms with Crippen LogP contribution >= 0.6 is 11.6 Å². The first-order valence-corrected chi connectivity index (χ1v) is 8.64. The van der Waals surface area contributed by atoms with E-state index in [4.69, 9.17) is 11.6 Å². The van der Waals surface area contributed by atoms with E-state index in [9.17, 15) is 0 Å². The molecule has 2 atom stereocenters. The maximum absolute atomic E-state index is 6.08. The molecular formula is C18H26ClN. The third-order valence-corrected chi connectivity index (χ3v) is 5.52. The second-order valence-electron chi connectivity index (χ2n) is 6.72. The van der Waals surface area contributed by atoms with E-state index in [2.05, 4.69) is 30.4 Å². The van der Waals surface area contributed by atoms with Crippen molar-refractivity contribution in [3.63, 3.8) is 0 Å². The van der Waals surface area contributed by atoms with Crippen molar-refractivity contribution in [3.8, 4) is 0 Å². The van der Waals surface area contributed by atoms with Crippen molar-refractivity contribution in [2.24, 2.45) is 5.92 Å². The van der Waals surface area contributed by atoms with E-state index in [1.165, 1.54) is 50.5 Å². The zero-order valence-electron chi connectivity index (χ0n) is 12.4. The number of hydrogen-bond acceptors (Lipinski definition) is 1. The zero-order chi connectivity index (χ0) is 13.9. The third-order valence-electron chi connectivity index (χ3n) is 5.29. The van der Waals surface area contributed by atoms with Gasteiger partial charge < -0.3 is 5.32 Å². The summed E-state index contributed by atoms with van der Waals surface area (Å²) in [4.78, 5) is 0. The lowest BCUT2D eigenvalue weighted by atomic mass is 9.74. The summed E-state index contributed by atoms with van der Waals surface area (Å²) in [5.74, 6) is 1.68. The Morgan fingerprint density at radius 1 is 1.15 bits per heavy atom. The molecular weight excluding hydrogens is 266 g/mol. The summed E-state index contributed by atoms with van der Waals surface area (Å²) in [5.41, 5.74) is 1.42. The van der Waals surface area contributed by atoms with Gasteiger partial charge in [-0.15, -0.1) is 0 Å². The molecule has 2 aliphatic rings. The summed E-state index contributed by atoms with van der Waals surface area (Å²) in [5, 5.41) is 4.77. The van der Waals surface area contributed by atoms with Gasteiger partial charge in [-0.1, -0.05) is 49.9 Å². The van der Waals surface area contributed by atoms with E-state index in [0.717, 1.165) is 28.9 Å². The molecule has 0 aliphatic heterocycles. The molecule has 0 saturated heterocycles. The first-order valence-electron chi connectivity index (χ1n) is 8.26. The number of hydrogen-bond donors (Lipinski definition) is 1. The number of nitrogens with one attached hydrogen (secondary N) is 1. The van der Waals surface area contributed by atoms with Crippen molar-refractivity contribution in [2.75, 3.05) is 0 Å². The van der Waals surface area contributed by atoms with Gasteiger partial charge in [-0.3, -0.25) is 0 Å². The molecule has 1 aromatic carbocycles. The highest BCUT2D eigenvalue weighted by atomic mass is 35.5. The first kappa shape index (κ1) is 14.4. The van der Waals surface area contributed by atoms with Gasteiger partial charge in [-0.2, -0.15) is 0 Å². The van der Waals surface area contributed by atoms with Gasteiger partial charge in [0.05, 0.1) is 0 Å². The Kier molecular flexibility index (Phi) is 4.68. The summed E-state index contributed by atoms with van der Waals surface area (Å²) < 4.78 is 0. The minimum absolute atomic E-state index is 0.719. The predicted molar refractivity (Wildman–Crippen MR) is 86.4 cm³/mol. The second-order valence-corrected chi connectivity index (χ2v) is 7.16. The average molecular weight is 292 g/mol. The first-order chi connectivity index (χ1) is 9.74. The van der Waals surface area contributed by atoms with E-state index >= 15 is 0 Å². The molecule has 0 spiro atoms. The van der Waals surface area contributed by atoms with Crippen LogP contribution in [0.1, 0.15) is 63.4 Å². The molecule has 0 aromatic heterocycles. The molecule has 0 heterocycles. The van der Waals surface area contributed by atoms with Crippen molar-refractivity contribution >= 4 is 11.6 Å². The molecule has 0 radical (unpaired) electrons. The fourth-order valence-electron chi connectivity index (χ4n) is 3.93. The largest absolute Gasteiger partial charge is 0.311 e. The van der Waals surface area contributed by atoms with E-state index < -0.39 is 0 Å². The molecule has 1 nitrogen and oxygen atoms in total. The van der Waals surface area contributed by atoms with Gasteiger partial charge in [-0.05, 0) is 55.2 Å². The van der Waals surface area contributed by atoms with E-state index in [1.54, 1.807) is 0 Å². The average Bonchev–Trinajstić information content (AvgIpc) is 2.42. The number of rotatable bonds is 4. The predicted octanol–water partition coefficient (Wildman–Crippen LogP) is 5.14. The standard InChI is InChI=1S/C18H26ClN/c1-2-13-5-3-8-17(9-13)20-18-11-15(12-18)14-6-4-7-16(19)10-14/h4,6-7,10,13,15,17-18,20H,2-3,5,8-9,11-12H2,1H3. The topological polar surface area (TPSA) is 12.0 Å². The highest BCUT2D eigenvalue weighted by Gasteiger charge is 2.32. The minimum atomic E-state index is 0.719. The quantitative estimate of drug-likeness (QED) is 0.809. The fraction of sp³-hybridized carbons (Fsp3) is 0.667. The normalized spacial score (nSPS) is 33.7. The molecule has 2 fully saturated rings. The van der Waals surface area contributed by atoms with E-state index in [0.29, 0.717) is 0 Å². The van der Waals surface area contributed by atoms with Crippen LogP contribution in [0.4, 0.5) is 0 Å². The van der Waals surface area contributed by atoms with Gasteiger partial charge in [0.2, 0.25) is 0 Å². The van der Waals surface area contributed by atoms with Crippen molar-refractivity contribution in [2.45, 2.75) is 69.9 Å². The van der Waals surface area contributed by atoms with Crippen LogP contribution in [0.2, 0.25) is 5.02 Å². The second kappa shape index (κ2) is 6.49. The minimum Gasteiger partial charge on any atom is -0.311 e. The highest BCUT2D eigenvalue weighted by Crippen LogP contribution is 2.38. The van der Waals surface area contributed by atoms with E-state index in [-0.39, 0.29) is 0 Å². The Morgan fingerprint density at radius 3 is 2.75 bits per heavy atom. The lowest BCUT2D eigenvalue weighted by Gasteiger charge is -2.41. The SMILES string of the molecule is CCC1CCCC(NC2CC(c3cccc(Cl)c3)C2)C1. The van der Waals surface area contributed by atoms with Gasteiger partial charge in [0, 0.05) is 17.1 Å². The maximum atomic E-state index is 6.08. The van der Waals surface area contributed by atoms with Crippen molar-refractivity contribution in [1.29, 1.82) is 0 Å². The molecule has 20 heavy (non-hydrogen) atoms. The molecule has 0 amide bonds. The summed E-state index contributed by atoms with van der Waals surface area (Å²) >= 11 is 6.08. The number of benzene rings is 1. The lowest BCUT2D eigenvalue weighted by molar-refractivity contribution is 0.209. The smallest absolute Gasteiger partial charge is 0.0408 e. The Bertz CT molecular complexity index is 439. The van der Waals surface area contributed by atoms with Crippen molar-refractivity contribution in [3.05, 3.63) is 34.9 Å². The van der Waals surface area contributed by atoms with E-state index in [1.807, 2.05) is 6.07 Å². The summed E-state index contributed by atoms with van der Waals surface area (Å²) in [6.07, 6.45) is 9.57. The molecule has 1 N–H and O–H groups in total. The number of halogens is 1. The van der Waals surface area contributed by atoms with Crippen LogP contribution in [-0.4, -0.2) is 12.1 Å². The Morgan fingerprint density at radius 2 is 2.00 bits per heavy atom. The molecule has 2 heteroatoms. The van der Waals surface area contributed by atoms with Gasteiger partial charge in [-0.25, -0.2) is 0 Å². The summed E-state index contributed by atoms with van der Waals surface area (Å²) in [6, 6.07) is 9.91. The van der Waals surface area contributed by atoms with Crippen LogP contribution in [0.3, 0.4) is 0 Å². The molecule has 1 aromatic rings. The Balaban J connectivity index is 1.46.